The number of hydrogen-bond acceptors (Lipinski definition) is 3. The van der Waals surface area contributed by atoms with E-state index in [0.29, 0.717) is 11.1 Å². The summed E-state index contributed by atoms with van der Waals surface area (Å²) in [4.78, 5) is 4.45. The van der Waals surface area contributed by atoms with Crippen LogP contribution in [0.2, 0.25) is 0 Å². The van der Waals surface area contributed by atoms with Gasteiger partial charge in [-0.1, -0.05) is 0 Å². The summed E-state index contributed by atoms with van der Waals surface area (Å²) in [6.45, 7) is 8.42. The van der Waals surface area contributed by atoms with Gasteiger partial charge in [-0.2, -0.15) is 4.40 Å². The second-order valence-corrected chi connectivity index (χ2v) is 10.6. The standard InChI is InChI=1S/C20H30N2O2S/c1-15(22-25(23)19(2,3)4)18-6-5-17(13-21-18)24-14-20-10-7-16(8-11-20)9-12-20/h5-6,13,16H,7-12,14H2,1-4H3/b22-15+. The van der Waals surface area contributed by atoms with E-state index in [1.165, 1.54) is 38.5 Å². The fraction of sp³-hybridized carbons (Fsp3) is 0.700. The number of hydrogen-bond donors (Lipinski definition) is 0. The average Bonchev–Trinajstić information content (AvgIpc) is 2.61. The van der Waals surface area contributed by atoms with Gasteiger partial charge in [0.15, 0.2) is 0 Å². The van der Waals surface area contributed by atoms with E-state index in [2.05, 4.69) is 9.38 Å². The van der Waals surface area contributed by atoms with Crippen LogP contribution in [0.1, 0.15) is 71.9 Å². The van der Waals surface area contributed by atoms with Gasteiger partial charge in [0.1, 0.15) is 16.7 Å². The highest BCUT2D eigenvalue weighted by molar-refractivity contribution is 7.85. The first-order valence-electron chi connectivity index (χ1n) is 9.34. The minimum absolute atomic E-state index is 0.359. The first-order valence-corrected chi connectivity index (χ1v) is 10.4. The molecule has 3 aliphatic rings. The molecule has 25 heavy (non-hydrogen) atoms. The van der Waals surface area contributed by atoms with Gasteiger partial charge in [0.2, 0.25) is 0 Å². The van der Waals surface area contributed by atoms with Crippen LogP contribution in [0.25, 0.3) is 0 Å². The summed E-state index contributed by atoms with van der Waals surface area (Å²) in [6.07, 6.45) is 9.83. The van der Waals surface area contributed by atoms with E-state index < -0.39 is 11.0 Å². The van der Waals surface area contributed by atoms with Crippen molar-refractivity contribution in [2.45, 2.75) is 71.0 Å². The minimum Gasteiger partial charge on any atom is -0.491 e. The molecule has 4 rings (SSSR count). The molecule has 3 fully saturated rings. The Labute approximate surface area is 154 Å². The third kappa shape index (κ3) is 4.49. The molecule has 4 nitrogen and oxygen atoms in total. The van der Waals surface area contributed by atoms with Gasteiger partial charge in [-0.3, -0.25) is 4.98 Å². The zero-order valence-electron chi connectivity index (χ0n) is 15.9. The topological polar surface area (TPSA) is 51.5 Å². The van der Waals surface area contributed by atoms with Crippen LogP contribution >= 0.6 is 0 Å². The summed E-state index contributed by atoms with van der Waals surface area (Å²) in [5.41, 5.74) is 1.85. The molecule has 0 radical (unpaired) electrons. The molecule has 138 valence electrons. The maximum Gasteiger partial charge on any atom is 0.145 e. The lowest BCUT2D eigenvalue weighted by molar-refractivity contribution is 0.0190. The highest BCUT2D eigenvalue weighted by atomic mass is 32.2. The zero-order chi connectivity index (χ0) is 18.1. The van der Waals surface area contributed by atoms with Gasteiger partial charge in [0.05, 0.1) is 29.0 Å². The highest BCUT2D eigenvalue weighted by Crippen LogP contribution is 2.50. The van der Waals surface area contributed by atoms with Crippen LogP contribution in [0.3, 0.4) is 0 Å². The van der Waals surface area contributed by atoms with Crippen molar-refractivity contribution < 1.29 is 8.95 Å². The molecule has 1 unspecified atom stereocenters. The molecule has 0 saturated heterocycles. The first-order chi connectivity index (χ1) is 11.8. The molecule has 1 atom stereocenters. The van der Waals surface area contributed by atoms with Gasteiger partial charge in [-0.25, -0.2) is 4.21 Å². The molecule has 0 spiro atoms. The molecule has 2 bridgehead atoms. The second-order valence-electron chi connectivity index (χ2n) is 8.69. The summed E-state index contributed by atoms with van der Waals surface area (Å²) < 4.78 is 22.1. The molecule has 3 aliphatic carbocycles. The monoisotopic (exact) mass is 362 g/mol. The molecule has 5 heteroatoms. The summed E-state index contributed by atoms with van der Waals surface area (Å²) in [6, 6.07) is 3.86. The maximum absolute atomic E-state index is 12.1. The lowest BCUT2D eigenvalue weighted by Crippen LogP contribution is -2.38. The third-order valence-electron chi connectivity index (χ3n) is 5.64. The molecule has 0 aromatic carbocycles. The molecule has 0 amide bonds. The molecule has 1 aromatic rings. The summed E-state index contributed by atoms with van der Waals surface area (Å²) >= 11 is 0. The lowest BCUT2D eigenvalue weighted by Gasteiger charge is -2.46. The largest absolute Gasteiger partial charge is 0.491 e. The van der Waals surface area contributed by atoms with Crippen LogP contribution in [0.5, 0.6) is 5.75 Å². The van der Waals surface area contributed by atoms with Crippen LogP contribution in [-0.4, -0.2) is 26.3 Å². The zero-order valence-corrected chi connectivity index (χ0v) is 16.7. The van der Waals surface area contributed by atoms with Crippen molar-refractivity contribution >= 4 is 16.7 Å². The van der Waals surface area contributed by atoms with E-state index in [9.17, 15) is 4.21 Å². The predicted molar refractivity (Wildman–Crippen MR) is 103 cm³/mol. The fourth-order valence-corrected chi connectivity index (χ4v) is 4.40. The van der Waals surface area contributed by atoms with Crippen LogP contribution in [-0.2, 0) is 11.0 Å². The Hall–Kier alpha value is -1.23. The SMILES string of the molecule is C/C(=N\S(=O)C(C)(C)C)c1ccc(OCC23CCC(CC2)CC3)cn1. The van der Waals surface area contributed by atoms with E-state index >= 15 is 0 Å². The van der Waals surface area contributed by atoms with Crippen molar-refractivity contribution in [3.8, 4) is 5.75 Å². The Kier molecular flexibility index (Phi) is 5.33. The van der Waals surface area contributed by atoms with Gasteiger partial charge in [-0.05, 0) is 84.3 Å². The summed E-state index contributed by atoms with van der Waals surface area (Å²) in [5, 5.41) is 0. The maximum atomic E-state index is 12.1. The van der Waals surface area contributed by atoms with Gasteiger partial charge >= 0.3 is 0 Å². The van der Waals surface area contributed by atoms with Crippen molar-refractivity contribution in [2.75, 3.05) is 6.61 Å². The van der Waals surface area contributed by atoms with Crippen LogP contribution in [0.15, 0.2) is 22.7 Å². The van der Waals surface area contributed by atoms with E-state index in [0.717, 1.165) is 24.0 Å². The normalized spacial score (nSPS) is 28.0. The Morgan fingerprint density at radius 2 is 1.92 bits per heavy atom. The van der Waals surface area contributed by atoms with Crippen molar-refractivity contribution in [1.29, 1.82) is 0 Å². The second kappa shape index (κ2) is 7.18. The molecule has 0 N–H and O–H groups in total. The lowest BCUT2D eigenvalue weighted by atomic mass is 9.61. The molecular formula is C20H30N2O2S. The Bertz CT molecular complexity index is 639. The van der Waals surface area contributed by atoms with Gasteiger partial charge < -0.3 is 4.74 Å². The number of nitrogens with zero attached hydrogens (tertiary/aromatic N) is 2. The Morgan fingerprint density at radius 3 is 2.44 bits per heavy atom. The molecule has 1 aromatic heterocycles. The smallest absolute Gasteiger partial charge is 0.145 e. The van der Waals surface area contributed by atoms with Gasteiger partial charge in [-0.15, -0.1) is 0 Å². The van der Waals surface area contributed by atoms with Crippen LogP contribution in [0, 0.1) is 11.3 Å². The van der Waals surface area contributed by atoms with Gasteiger partial charge in [0.25, 0.3) is 0 Å². The third-order valence-corrected chi connectivity index (χ3v) is 7.13. The number of ether oxygens (including phenoxy) is 1. The van der Waals surface area contributed by atoms with Gasteiger partial charge in [0, 0.05) is 5.41 Å². The fourth-order valence-electron chi connectivity index (χ4n) is 3.78. The summed E-state index contributed by atoms with van der Waals surface area (Å²) in [5.74, 6) is 1.79. The Morgan fingerprint density at radius 1 is 1.28 bits per heavy atom. The van der Waals surface area contributed by atoms with Crippen LogP contribution < -0.4 is 4.74 Å². The van der Waals surface area contributed by atoms with Crippen LogP contribution in [0.4, 0.5) is 0 Å². The predicted octanol–water partition coefficient (Wildman–Crippen LogP) is 4.70. The minimum atomic E-state index is -1.27. The van der Waals surface area contributed by atoms with Crippen molar-refractivity contribution in [2.24, 2.45) is 15.7 Å². The number of fused-ring (bicyclic) bond motifs is 3. The highest BCUT2D eigenvalue weighted by Gasteiger charge is 2.40. The number of pyridine rings is 1. The van der Waals surface area contributed by atoms with E-state index in [-0.39, 0.29) is 4.75 Å². The molecule has 0 aliphatic heterocycles. The van der Waals surface area contributed by atoms with E-state index in [1.54, 1.807) is 6.20 Å². The van der Waals surface area contributed by atoms with E-state index in [1.807, 2.05) is 39.8 Å². The van der Waals surface area contributed by atoms with Crippen molar-refractivity contribution in [3.63, 3.8) is 0 Å². The number of aromatic nitrogens is 1. The molecular weight excluding hydrogens is 332 g/mol. The van der Waals surface area contributed by atoms with Crippen molar-refractivity contribution in [3.05, 3.63) is 24.0 Å². The Balaban J connectivity index is 1.60. The average molecular weight is 363 g/mol. The first kappa shape index (κ1) is 18.6. The summed E-state index contributed by atoms with van der Waals surface area (Å²) in [7, 11) is -1.27. The molecule has 1 heterocycles. The number of rotatable bonds is 5. The quantitative estimate of drug-likeness (QED) is 0.713. The van der Waals surface area contributed by atoms with E-state index in [4.69, 9.17) is 4.74 Å². The van der Waals surface area contributed by atoms with Crippen molar-refractivity contribution in [1.82, 2.24) is 4.98 Å². The molecule has 3 saturated carbocycles.